The number of hydrogen-bond acceptors (Lipinski definition) is 6. The van der Waals surface area contributed by atoms with Crippen LogP contribution in [0.15, 0.2) is 52.5 Å². The van der Waals surface area contributed by atoms with Crippen molar-refractivity contribution in [1.82, 2.24) is 29.2 Å². The summed E-state index contributed by atoms with van der Waals surface area (Å²) in [6.07, 6.45) is 5.70. The number of fused-ring (bicyclic) bond motifs is 1. The van der Waals surface area contributed by atoms with Crippen molar-refractivity contribution in [2.45, 2.75) is 18.2 Å². The molecular formula is C17H13ClN6OS. The van der Waals surface area contributed by atoms with Gasteiger partial charge < -0.3 is 13.7 Å². The minimum absolute atomic E-state index is 0.376. The quantitative estimate of drug-likeness (QED) is 0.535. The summed E-state index contributed by atoms with van der Waals surface area (Å²) in [5, 5.41) is 5.79. The van der Waals surface area contributed by atoms with Gasteiger partial charge in [-0.1, -0.05) is 28.5 Å². The van der Waals surface area contributed by atoms with Crippen molar-refractivity contribution in [3.05, 3.63) is 53.6 Å². The predicted molar refractivity (Wildman–Crippen MR) is 98.0 cm³/mol. The van der Waals surface area contributed by atoms with Crippen LogP contribution in [0.3, 0.4) is 0 Å². The number of hydrogen-bond donors (Lipinski definition) is 0. The molecule has 0 aliphatic carbocycles. The molecule has 3 aromatic heterocycles. The number of nitrogens with zero attached hydrogens (tertiary/aromatic N) is 6. The van der Waals surface area contributed by atoms with Gasteiger partial charge in [-0.2, -0.15) is 4.98 Å². The summed E-state index contributed by atoms with van der Waals surface area (Å²) in [5.41, 5.74) is 1.83. The lowest BCUT2D eigenvalue weighted by Crippen LogP contribution is -2.02. The van der Waals surface area contributed by atoms with Crippen molar-refractivity contribution >= 4 is 23.4 Å². The highest BCUT2D eigenvalue weighted by molar-refractivity contribution is 7.99. The second-order valence-corrected chi connectivity index (χ2v) is 7.36. The molecule has 0 saturated carbocycles. The van der Waals surface area contributed by atoms with E-state index < -0.39 is 0 Å². The second-order valence-electron chi connectivity index (χ2n) is 5.87. The van der Waals surface area contributed by atoms with Gasteiger partial charge in [-0.05, 0) is 24.3 Å². The molecule has 0 N–H and O–H groups in total. The SMILES string of the molecule is Clc1ccc(-c2noc(-c3nccn3Cc3cn4c(n3)SCC4)n2)cc1. The first kappa shape index (κ1) is 15.7. The van der Waals surface area contributed by atoms with Gasteiger partial charge >= 0.3 is 0 Å². The highest BCUT2D eigenvalue weighted by Gasteiger charge is 2.18. The number of halogens is 1. The van der Waals surface area contributed by atoms with Crippen LogP contribution < -0.4 is 0 Å². The van der Waals surface area contributed by atoms with Gasteiger partial charge in [-0.15, -0.1) is 0 Å². The Morgan fingerprint density at radius 3 is 2.92 bits per heavy atom. The first-order valence-electron chi connectivity index (χ1n) is 8.06. The Morgan fingerprint density at radius 1 is 1.19 bits per heavy atom. The Balaban J connectivity index is 1.42. The number of rotatable bonds is 4. The lowest BCUT2D eigenvalue weighted by molar-refractivity contribution is 0.427. The molecule has 0 saturated heterocycles. The smallest absolute Gasteiger partial charge is 0.294 e. The molecule has 0 atom stereocenters. The minimum atomic E-state index is 0.376. The largest absolute Gasteiger partial charge is 0.330 e. The van der Waals surface area contributed by atoms with Gasteiger partial charge in [0.2, 0.25) is 5.82 Å². The average molecular weight is 385 g/mol. The number of aryl methyl sites for hydroxylation is 1. The molecule has 1 aliphatic heterocycles. The number of aromatic nitrogens is 6. The van der Waals surface area contributed by atoms with Crippen LogP contribution in [0.1, 0.15) is 5.69 Å². The molecule has 0 radical (unpaired) electrons. The number of imidazole rings is 2. The lowest BCUT2D eigenvalue weighted by atomic mass is 10.2. The van der Waals surface area contributed by atoms with Gasteiger partial charge in [0.1, 0.15) is 0 Å². The van der Waals surface area contributed by atoms with Crippen molar-refractivity contribution in [2.24, 2.45) is 0 Å². The summed E-state index contributed by atoms with van der Waals surface area (Å²) < 4.78 is 9.57. The third-order valence-electron chi connectivity index (χ3n) is 4.12. The summed E-state index contributed by atoms with van der Waals surface area (Å²) in [7, 11) is 0. The Bertz CT molecular complexity index is 1050. The standard InChI is InChI=1S/C17H13ClN6OS/c18-12-3-1-11(2-4-12)14-21-16(25-22-14)15-19-5-6-23(15)9-13-10-24-7-8-26-17(24)20-13/h1-6,10H,7-9H2. The maximum Gasteiger partial charge on any atom is 0.294 e. The normalized spacial score (nSPS) is 13.3. The summed E-state index contributed by atoms with van der Waals surface area (Å²) in [5.74, 6) is 2.59. The molecule has 0 amide bonds. The fourth-order valence-corrected chi connectivity index (χ4v) is 3.97. The monoisotopic (exact) mass is 384 g/mol. The van der Waals surface area contributed by atoms with Gasteiger partial charge in [0.05, 0.1) is 12.2 Å². The van der Waals surface area contributed by atoms with Gasteiger partial charge in [0.25, 0.3) is 5.89 Å². The third-order valence-corrected chi connectivity index (χ3v) is 5.34. The van der Waals surface area contributed by atoms with E-state index in [9.17, 15) is 0 Å². The van der Waals surface area contributed by atoms with Crippen LogP contribution in [0.5, 0.6) is 0 Å². The van der Waals surface area contributed by atoms with E-state index in [2.05, 4.69) is 30.9 Å². The predicted octanol–water partition coefficient (Wildman–Crippen LogP) is 3.60. The Hall–Kier alpha value is -2.58. The number of thioether (sulfide) groups is 1. The Morgan fingerprint density at radius 2 is 2.08 bits per heavy atom. The van der Waals surface area contributed by atoms with Crippen LogP contribution in [0.25, 0.3) is 23.1 Å². The van der Waals surface area contributed by atoms with E-state index in [1.165, 1.54) is 0 Å². The third kappa shape index (κ3) is 2.81. The fraction of sp³-hybridized carbons (Fsp3) is 0.176. The molecular weight excluding hydrogens is 372 g/mol. The van der Waals surface area contributed by atoms with Crippen molar-refractivity contribution in [2.75, 3.05) is 5.75 Å². The van der Waals surface area contributed by atoms with E-state index in [1.54, 1.807) is 30.1 Å². The van der Waals surface area contributed by atoms with E-state index in [0.717, 1.165) is 28.7 Å². The zero-order chi connectivity index (χ0) is 17.5. The molecule has 0 spiro atoms. The van der Waals surface area contributed by atoms with Gasteiger partial charge in [-0.25, -0.2) is 9.97 Å². The first-order valence-corrected chi connectivity index (χ1v) is 9.42. The van der Waals surface area contributed by atoms with E-state index in [1.807, 2.05) is 22.9 Å². The molecule has 9 heteroatoms. The van der Waals surface area contributed by atoms with Gasteiger partial charge in [0, 0.05) is 41.5 Å². The molecule has 1 aliphatic rings. The minimum Gasteiger partial charge on any atom is -0.330 e. The van der Waals surface area contributed by atoms with Crippen LogP contribution in [0.4, 0.5) is 0 Å². The molecule has 7 nitrogen and oxygen atoms in total. The summed E-state index contributed by atoms with van der Waals surface area (Å²) >= 11 is 7.70. The summed E-state index contributed by atoms with van der Waals surface area (Å²) in [6, 6.07) is 7.30. The molecule has 26 heavy (non-hydrogen) atoms. The van der Waals surface area contributed by atoms with Gasteiger partial charge in [0.15, 0.2) is 11.0 Å². The van der Waals surface area contributed by atoms with Crippen molar-refractivity contribution in [3.8, 4) is 23.1 Å². The van der Waals surface area contributed by atoms with E-state index in [4.69, 9.17) is 16.1 Å². The molecule has 0 bridgehead atoms. The molecule has 1 aromatic carbocycles. The van der Waals surface area contributed by atoms with E-state index in [0.29, 0.717) is 29.1 Å². The molecule has 5 rings (SSSR count). The van der Waals surface area contributed by atoms with Crippen LogP contribution >= 0.6 is 23.4 Å². The maximum absolute atomic E-state index is 5.92. The van der Waals surface area contributed by atoms with E-state index >= 15 is 0 Å². The Labute approximate surface area is 158 Å². The van der Waals surface area contributed by atoms with Crippen molar-refractivity contribution in [3.63, 3.8) is 0 Å². The number of benzene rings is 1. The Kier molecular flexibility index (Phi) is 3.79. The fourth-order valence-electron chi connectivity index (χ4n) is 2.88. The van der Waals surface area contributed by atoms with Crippen LogP contribution in [-0.2, 0) is 13.1 Å². The van der Waals surface area contributed by atoms with Crippen LogP contribution in [0.2, 0.25) is 5.02 Å². The zero-order valence-corrected chi connectivity index (χ0v) is 15.1. The zero-order valence-electron chi connectivity index (χ0n) is 13.5. The maximum atomic E-state index is 5.92. The molecule has 4 aromatic rings. The summed E-state index contributed by atoms with van der Waals surface area (Å²) in [6.45, 7) is 1.62. The first-order chi connectivity index (χ1) is 12.8. The average Bonchev–Trinajstić information content (AvgIpc) is 3.39. The van der Waals surface area contributed by atoms with Gasteiger partial charge in [-0.3, -0.25) is 0 Å². The highest BCUT2D eigenvalue weighted by atomic mass is 35.5. The van der Waals surface area contributed by atoms with Crippen LogP contribution in [0, 0.1) is 0 Å². The van der Waals surface area contributed by atoms with Crippen LogP contribution in [-0.4, -0.2) is 35.0 Å². The molecule has 0 fully saturated rings. The lowest BCUT2D eigenvalue weighted by Gasteiger charge is -2.02. The summed E-state index contributed by atoms with van der Waals surface area (Å²) in [4.78, 5) is 13.5. The highest BCUT2D eigenvalue weighted by Crippen LogP contribution is 2.26. The van der Waals surface area contributed by atoms with E-state index in [-0.39, 0.29) is 0 Å². The second kappa shape index (κ2) is 6.30. The molecule has 4 heterocycles. The van der Waals surface area contributed by atoms with Crippen molar-refractivity contribution in [1.29, 1.82) is 0 Å². The molecule has 0 unspecified atom stereocenters. The molecule has 130 valence electrons. The topological polar surface area (TPSA) is 74.6 Å². The van der Waals surface area contributed by atoms with Crippen molar-refractivity contribution < 1.29 is 4.52 Å².